The van der Waals surface area contributed by atoms with Gasteiger partial charge in [0.15, 0.2) is 5.11 Å². The zero-order chi connectivity index (χ0) is 22.3. The zero-order valence-electron chi connectivity index (χ0n) is 17.2. The normalized spacial score (nSPS) is 10.8. The van der Waals surface area contributed by atoms with Crippen molar-refractivity contribution in [2.75, 3.05) is 12.4 Å². The number of anilines is 1. The lowest BCUT2D eigenvalue weighted by atomic mass is 10.1. The highest BCUT2D eigenvalue weighted by atomic mass is 79.9. The molecule has 0 atom stereocenters. The van der Waals surface area contributed by atoms with Crippen LogP contribution in [-0.2, 0) is 0 Å². The van der Waals surface area contributed by atoms with Gasteiger partial charge in [0.1, 0.15) is 11.4 Å². The molecule has 2 N–H and O–H groups in total. The van der Waals surface area contributed by atoms with Crippen LogP contribution in [0.15, 0.2) is 94.6 Å². The number of hydrogen-bond donors (Lipinski definition) is 2. The molecule has 1 heterocycles. The first-order valence-corrected chi connectivity index (χ1v) is 11.0. The molecule has 6 nitrogen and oxygen atoms in total. The second kappa shape index (κ2) is 10.2. The quantitative estimate of drug-likeness (QED) is 0.202. The van der Waals surface area contributed by atoms with Crippen LogP contribution in [0.2, 0.25) is 0 Å². The topological polar surface area (TPSA) is 63.5 Å². The molecule has 0 radical (unpaired) electrons. The Hall–Kier alpha value is -3.49. The summed E-state index contributed by atoms with van der Waals surface area (Å²) in [6.07, 6.45) is 3.66. The molecule has 0 saturated heterocycles. The van der Waals surface area contributed by atoms with Crippen molar-refractivity contribution in [1.29, 1.82) is 0 Å². The van der Waals surface area contributed by atoms with Gasteiger partial charge < -0.3 is 10.1 Å². The summed E-state index contributed by atoms with van der Waals surface area (Å²) in [5.41, 5.74) is 7.33. The van der Waals surface area contributed by atoms with Crippen LogP contribution in [0.5, 0.6) is 5.75 Å². The summed E-state index contributed by atoms with van der Waals surface area (Å²) in [6, 6.07) is 25.4. The first-order valence-electron chi connectivity index (χ1n) is 9.77. The van der Waals surface area contributed by atoms with E-state index in [1.807, 2.05) is 89.7 Å². The van der Waals surface area contributed by atoms with Crippen molar-refractivity contribution in [1.82, 2.24) is 15.2 Å². The Balaban J connectivity index is 1.53. The van der Waals surface area contributed by atoms with Crippen LogP contribution in [0.4, 0.5) is 5.69 Å². The maximum atomic E-state index is 5.34. The molecule has 160 valence electrons. The maximum absolute atomic E-state index is 5.34. The number of hydrazone groups is 1. The fourth-order valence-corrected chi connectivity index (χ4v) is 3.46. The van der Waals surface area contributed by atoms with Gasteiger partial charge in [-0.15, -0.1) is 0 Å². The second-order valence-corrected chi connectivity index (χ2v) is 8.10. The molecule has 3 aromatic carbocycles. The third-order valence-corrected chi connectivity index (χ3v) is 5.32. The molecule has 1 aromatic heterocycles. The summed E-state index contributed by atoms with van der Waals surface area (Å²) in [7, 11) is 1.63. The van der Waals surface area contributed by atoms with Gasteiger partial charge in [0, 0.05) is 27.5 Å². The van der Waals surface area contributed by atoms with Gasteiger partial charge in [-0.2, -0.15) is 10.2 Å². The molecule has 4 aromatic rings. The van der Waals surface area contributed by atoms with E-state index in [0.717, 1.165) is 38.4 Å². The van der Waals surface area contributed by atoms with E-state index in [-0.39, 0.29) is 0 Å². The smallest absolute Gasteiger partial charge is 0.191 e. The van der Waals surface area contributed by atoms with Crippen LogP contribution in [0.1, 0.15) is 5.56 Å². The number of rotatable bonds is 6. The molecule has 0 saturated carbocycles. The van der Waals surface area contributed by atoms with Crippen LogP contribution in [0, 0.1) is 0 Å². The Labute approximate surface area is 200 Å². The fraction of sp³-hybridized carbons (Fsp3) is 0.0417. The van der Waals surface area contributed by atoms with Crippen molar-refractivity contribution < 1.29 is 4.74 Å². The monoisotopic (exact) mass is 505 g/mol. The highest BCUT2D eigenvalue weighted by Gasteiger charge is 2.11. The van der Waals surface area contributed by atoms with Gasteiger partial charge in [-0.25, -0.2) is 4.68 Å². The molecule has 32 heavy (non-hydrogen) atoms. The van der Waals surface area contributed by atoms with Crippen LogP contribution >= 0.6 is 28.1 Å². The Bertz CT molecular complexity index is 1220. The second-order valence-electron chi connectivity index (χ2n) is 6.77. The van der Waals surface area contributed by atoms with Crippen molar-refractivity contribution in [3.8, 4) is 22.7 Å². The number of nitrogens with one attached hydrogen (secondary N) is 2. The van der Waals surface area contributed by atoms with Gasteiger partial charge in [-0.1, -0.05) is 46.3 Å². The highest BCUT2D eigenvalue weighted by Crippen LogP contribution is 2.24. The van der Waals surface area contributed by atoms with Crippen LogP contribution in [0.3, 0.4) is 0 Å². The number of methoxy groups -OCH3 is 1. The number of halogens is 1. The maximum Gasteiger partial charge on any atom is 0.191 e. The average Bonchev–Trinajstić information content (AvgIpc) is 3.25. The molecule has 0 aliphatic rings. The van der Waals surface area contributed by atoms with E-state index < -0.39 is 0 Å². The van der Waals surface area contributed by atoms with E-state index in [9.17, 15) is 0 Å². The number of para-hydroxylation sites is 1. The Morgan fingerprint density at radius 3 is 2.44 bits per heavy atom. The molecule has 4 rings (SSSR count). The molecule has 0 amide bonds. The van der Waals surface area contributed by atoms with E-state index in [1.54, 1.807) is 13.3 Å². The number of aromatic nitrogens is 2. The number of thiocarbonyl (C=S) groups is 1. The summed E-state index contributed by atoms with van der Waals surface area (Å²) >= 11 is 8.82. The van der Waals surface area contributed by atoms with Gasteiger partial charge in [0.05, 0.1) is 19.0 Å². The van der Waals surface area contributed by atoms with Gasteiger partial charge in [0.2, 0.25) is 0 Å². The summed E-state index contributed by atoms with van der Waals surface area (Å²) < 4.78 is 8.02. The predicted molar refractivity (Wildman–Crippen MR) is 137 cm³/mol. The van der Waals surface area contributed by atoms with E-state index >= 15 is 0 Å². The minimum absolute atomic E-state index is 0.382. The number of benzene rings is 3. The van der Waals surface area contributed by atoms with Crippen LogP contribution < -0.4 is 15.5 Å². The molecule has 0 aliphatic carbocycles. The lowest BCUT2D eigenvalue weighted by Crippen LogP contribution is -2.23. The van der Waals surface area contributed by atoms with Gasteiger partial charge in [-0.3, -0.25) is 5.43 Å². The first kappa shape index (κ1) is 21.7. The average molecular weight is 506 g/mol. The SMILES string of the molecule is COc1ccc(NC(=S)N/N=C/c2cn(-c3ccccc3)nc2-c2ccc(Br)cc2)cc1. The number of ether oxygens (including phenoxy) is 1. The van der Waals surface area contributed by atoms with Crippen LogP contribution in [-0.4, -0.2) is 28.2 Å². The fourth-order valence-electron chi connectivity index (χ4n) is 3.02. The minimum Gasteiger partial charge on any atom is -0.497 e. The lowest BCUT2D eigenvalue weighted by molar-refractivity contribution is 0.415. The lowest BCUT2D eigenvalue weighted by Gasteiger charge is -2.07. The largest absolute Gasteiger partial charge is 0.497 e. The van der Waals surface area contributed by atoms with Crippen molar-refractivity contribution in [2.45, 2.75) is 0 Å². The van der Waals surface area contributed by atoms with Gasteiger partial charge >= 0.3 is 0 Å². The van der Waals surface area contributed by atoms with E-state index in [2.05, 4.69) is 31.8 Å². The highest BCUT2D eigenvalue weighted by molar-refractivity contribution is 9.10. The molecular weight excluding hydrogens is 486 g/mol. The third kappa shape index (κ3) is 5.40. The third-order valence-electron chi connectivity index (χ3n) is 4.60. The van der Waals surface area contributed by atoms with E-state index in [4.69, 9.17) is 22.1 Å². The standard InChI is InChI=1S/C24H20BrN5OS/c1-31-22-13-11-20(12-14-22)27-24(32)28-26-15-18-16-30(21-5-3-2-4-6-21)29-23(18)17-7-9-19(25)10-8-17/h2-16H,1H3,(H2,27,28,32)/b26-15+. The summed E-state index contributed by atoms with van der Waals surface area (Å²) in [5.74, 6) is 0.781. The first-order chi connectivity index (χ1) is 15.6. The zero-order valence-corrected chi connectivity index (χ0v) is 19.6. The molecule has 8 heteroatoms. The van der Waals surface area contributed by atoms with Crippen molar-refractivity contribution in [3.05, 3.63) is 95.1 Å². The minimum atomic E-state index is 0.382. The van der Waals surface area contributed by atoms with E-state index in [0.29, 0.717) is 5.11 Å². The molecule has 0 bridgehead atoms. The van der Waals surface area contributed by atoms with E-state index in [1.165, 1.54) is 0 Å². The van der Waals surface area contributed by atoms with Crippen LogP contribution in [0.25, 0.3) is 16.9 Å². The van der Waals surface area contributed by atoms with Crippen molar-refractivity contribution >= 4 is 45.2 Å². The van der Waals surface area contributed by atoms with Gasteiger partial charge in [-0.05, 0) is 60.7 Å². The molecule has 0 fully saturated rings. The number of nitrogens with zero attached hydrogens (tertiary/aromatic N) is 3. The van der Waals surface area contributed by atoms with Crippen molar-refractivity contribution in [2.24, 2.45) is 5.10 Å². The molecule has 0 spiro atoms. The molecular formula is C24H20BrN5OS. The Morgan fingerprint density at radius 1 is 1.03 bits per heavy atom. The Morgan fingerprint density at radius 2 is 1.75 bits per heavy atom. The summed E-state index contributed by atoms with van der Waals surface area (Å²) in [4.78, 5) is 0. The summed E-state index contributed by atoms with van der Waals surface area (Å²) in [6.45, 7) is 0. The van der Waals surface area contributed by atoms with Gasteiger partial charge in [0.25, 0.3) is 0 Å². The number of hydrogen-bond acceptors (Lipinski definition) is 4. The molecule has 0 aliphatic heterocycles. The molecule has 0 unspecified atom stereocenters. The predicted octanol–water partition coefficient (Wildman–Crippen LogP) is 5.63. The summed E-state index contributed by atoms with van der Waals surface area (Å²) in [5, 5.41) is 12.6. The van der Waals surface area contributed by atoms with Crippen molar-refractivity contribution in [3.63, 3.8) is 0 Å². The Kier molecular flexibility index (Phi) is 6.94.